The number of hydrogen-bond donors (Lipinski definition) is 2. The van der Waals surface area contributed by atoms with Crippen LogP contribution in [0.2, 0.25) is 0 Å². The predicted molar refractivity (Wildman–Crippen MR) is 103 cm³/mol. The van der Waals surface area contributed by atoms with Crippen molar-refractivity contribution in [2.24, 2.45) is 0 Å². The molecule has 1 heterocycles. The van der Waals surface area contributed by atoms with E-state index >= 15 is 0 Å². The third kappa shape index (κ3) is 4.47. The van der Waals surface area contributed by atoms with E-state index < -0.39 is 5.97 Å². The van der Waals surface area contributed by atoms with Gasteiger partial charge in [-0.05, 0) is 18.2 Å². The van der Waals surface area contributed by atoms with E-state index in [9.17, 15) is 20.1 Å². The molecule has 1 aromatic carbocycles. The summed E-state index contributed by atoms with van der Waals surface area (Å²) in [6.07, 6.45) is -0.0590. The molecule has 2 aliphatic rings. The first-order valence-electron chi connectivity index (χ1n) is 9.07. The summed E-state index contributed by atoms with van der Waals surface area (Å²) in [5, 5.41) is 30.0. The van der Waals surface area contributed by atoms with E-state index in [1.807, 2.05) is 45.9 Å². The minimum Gasteiger partial charge on any atom is -0.550 e. The number of carboxylic acid groups (broad SMARTS) is 1. The van der Waals surface area contributed by atoms with Gasteiger partial charge in [0.1, 0.15) is 24.8 Å². The molecule has 0 radical (unpaired) electrons. The van der Waals surface area contributed by atoms with Crippen molar-refractivity contribution in [2.75, 3.05) is 44.8 Å². The standard InChI is InChI=1S/C20H23N3O5/c1-22(7-6-20(26)27)14-2-4-16-18(12-14)28-19-13-15(3-5-17(19)21-16)23(8-10-24)9-11-25/h2-5,12-13,24-25H,6-11H2,1H3. The molecule has 1 aliphatic carbocycles. The second-order valence-corrected chi connectivity index (χ2v) is 6.50. The first-order valence-corrected chi connectivity index (χ1v) is 9.07. The zero-order chi connectivity index (χ0) is 20.1. The first-order chi connectivity index (χ1) is 13.5. The Morgan fingerprint density at radius 2 is 1.93 bits per heavy atom. The lowest BCUT2D eigenvalue weighted by Gasteiger charge is -2.23. The largest absolute Gasteiger partial charge is 0.550 e. The van der Waals surface area contributed by atoms with E-state index in [2.05, 4.69) is 4.98 Å². The maximum atomic E-state index is 10.7. The summed E-state index contributed by atoms with van der Waals surface area (Å²) in [4.78, 5) is 17.1. The fraction of sp³-hybridized carbons (Fsp3) is 0.350. The number of aromatic nitrogens is 1. The molecule has 0 bridgehead atoms. The highest BCUT2D eigenvalue weighted by Crippen LogP contribution is 2.27. The number of carbonyl (C=O) groups is 1. The van der Waals surface area contributed by atoms with Crippen LogP contribution >= 0.6 is 0 Å². The van der Waals surface area contributed by atoms with Gasteiger partial charge in [0.25, 0.3) is 0 Å². The number of aliphatic hydroxyl groups is 2. The van der Waals surface area contributed by atoms with E-state index in [4.69, 9.17) is 4.42 Å². The number of nitrogens with zero attached hydrogens (tertiary/aromatic N) is 3. The van der Waals surface area contributed by atoms with Crippen LogP contribution in [0.1, 0.15) is 6.42 Å². The van der Waals surface area contributed by atoms with Crippen molar-refractivity contribution in [2.45, 2.75) is 6.42 Å². The molecule has 8 heteroatoms. The topological polar surface area (TPSA) is 113 Å². The fourth-order valence-electron chi connectivity index (χ4n) is 3.04. The van der Waals surface area contributed by atoms with Crippen LogP contribution in [0.5, 0.6) is 0 Å². The third-order valence-corrected chi connectivity index (χ3v) is 4.54. The van der Waals surface area contributed by atoms with Crippen molar-refractivity contribution < 1.29 is 24.5 Å². The molecule has 0 saturated heterocycles. The van der Waals surface area contributed by atoms with Gasteiger partial charge in [0, 0.05) is 43.3 Å². The fourth-order valence-corrected chi connectivity index (χ4v) is 3.04. The quantitative estimate of drug-likeness (QED) is 0.388. The van der Waals surface area contributed by atoms with Gasteiger partial charge >= 0.3 is 0 Å². The average Bonchev–Trinajstić information content (AvgIpc) is 2.69. The summed E-state index contributed by atoms with van der Waals surface area (Å²) in [5.41, 5.74) is 2.80. The summed E-state index contributed by atoms with van der Waals surface area (Å²) in [5.74, 6) is -0.508. The summed E-state index contributed by atoms with van der Waals surface area (Å²) < 4.78 is 7.86. The Morgan fingerprint density at radius 3 is 2.61 bits per heavy atom. The Bertz CT molecular complexity index is 1010. The maximum absolute atomic E-state index is 10.7. The van der Waals surface area contributed by atoms with Crippen LogP contribution in [0.3, 0.4) is 0 Å². The molecule has 0 saturated carbocycles. The Kier molecular flexibility index (Phi) is 6.23. The molecule has 0 atom stereocenters. The number of aliphatic hydroxyl groups excluding tert-OH is 2. The highest BCUT2D eigenvalue weighted by atomic mass is 16.4. The molecule has 28 heavy (non-hydrogen) atoms. The molecule has 0 spiro atoms. The van der Waals surface area contributed by atoms with Crippen LogP contribution in [0.15, 0.2) is 40.8 Å². The first kappa shape index (κ1) is 19.8. The van der Waals surface area contributed by atoms with E-state index in [0.717, 1.165) is 11.0 Å². The number of carbonyl (C=O) groups excluding carboxylic acids is 1. The Labute approximate surface area is 162 Å². The number of carboxylic acids is 1. The molecule has 0 unspecified atom stereocenters. The second kappa shape index (κ2) is 8.81. The number of benzene rings is 2. The lowest BCUT2D eigenvalue weighted by Crippen LogP contribution is -2.32. The van der Waals surface area contributed by atoms with E-state index in [0.29, 0.717) is 42.2 Å². The highest BCUT2D eigenvalue weighted by Gasteiger charge is 2.13. The lowest BCUT2D eigenvalue weighted by molar-refractivity contribution is -0.305. The number of fused-ring (bicyclic) bond motifs is 2. The molecular weight excluding hydrogens is 362 g/mol. The monoisotopic (exact) mass is 385 g/mol. The van der Waals surface area contributed by atoms with Gasteiger partial charge < -0.3 is 29.4 Å². The molecule has 1 aliphatic heterocycles. The average molecular weight is 385 g/mol. The van der Waals surface area contributed by atoms with Crippen molar-refractivity contribution in [3.05, 3.63) is 41.8 Å². The van der Waals surface area contributed by atoms with Crippen LogP contribution in [0.25, 0.3) is 22.6 Å². The van der Waals surface area contributed by atoms with Crippen molar-refractivity contribution >= 4 is 22.8 Å². The minimum absolute atomic E-state index is 0.0211. The van der Waals surface area contributed by atoms with Gasteiger partial charge in [-0.25, -0.2) is 9.56 Å². The van der Waals surface area contributed by atoms with Gasteiger partial charge in [0.15, 0.2) is 11.3 Å². The van der Waals surface area contributed by atoms with Gasteiger partial charge in [-0.1, -0.05) is 0 Å². The smallest absolute Gasteiger partial charge is 0.203 e. The number of aliphatic carboxylic acids is 1. The zero-order valence-corrected chi connectivity index (χ0v) is 15.7. The van der Waals surface area contributed by atoms with Crippen LogP contribution < -0.4 is 19.9 Å². The van der Waals surface area contributed by atoms with Crippen LogP contribution in [-0.2, 0) is 4.79 Å². The van der Waals surface area contributed by atoms with E-state index in [1.54, 1.807) is 7.05 Å². The molecule has 148 valence electrons. The van der Waals surface area contributed by atoms with Gasteiger partial charge in [0.2, 0.25) is 5.36 Å². The van der Waals surface area contributed by atoms with Crippen LogP contribution in [0, 0.1) is 0 Å². The maximum Gasteiger partial charge on any atom is 0.203 e. The second-order valence-electron chi connectivity index (χ2n) is 6.50. The Balaban J connectivity index is 2.04. The number of anilines is 1. The van der Waals surface area contributed by atoms with Gasteiger partial charge in [-0.3, -0.25) is 0 Å². The van der Waals surface area contributed by atoms with Crippen molar-refractivity contribution in [1.82, 2.24) is 9.56 Å². The molecule has 8 nitrogen and oxygen atoms in total. The van der Waals surface area contributed by atoms with Gasteiger partial charge in [-0.2, -0.15) is 0 Å². The van der Waals surface area contributed by atoms with E-state index in [-0.39, 0.29) is 19.6 Å². The van der Waals surface area contributed by atoms with Crippen LogP contribution in [-0.4, -0.2) is 61.1 Å². The van der Waals surface area contributed by atoms with Gasteiger partial charge in [0.05, 0.1) is 19.3 Å². The third-order valence-electron chi connectivity index (χ3n) is 4.54. The molecule has 2 N–H and O–H groups in total. The molecule has 0 amide bonds. The normalized spacial score (nSPS) is 12.4. The SMILES string of the molecule is C[N+](CCC(=O)[O-])=c1ccc2nc3ccc(N(CCO)CCO)cc3oc-2c1. The number of rotatable bonds is 8. The molecule has 0 fully saturated rings. The van der Waals surface area contributed by atoms with Crippen LogP contribution in [0.4, 0.5) is 5.69 Å². The van der Waals surface area contributed by atoms with Crippen molar-refractivity contribution in [1.29, 1.82) is 0 Å². The Morgan fingerprint density at radius 1 is 1.18 bits per heavy atom. The molecule has 1 aromatic rings. The summed E-state index contributed by atoms with van der Waals surface area (Å²) in [6, 6.07) is 11.1. The highest BCUT2D eigenvalue weighted by molar-refractivity contribution is 5.80. The lowest BCUT2D eigenvalue weighted by atomic mass is 10.2. The van der Waals surface area contributed by atoms with Gasteiger partial charge in [-0.15, -0.1) is 0 Å². The predicted octanol–water partition coefficient (Wildman–Crippen LogP) is -0.734. The van der Waals surface area contributed by atoms with Crippen molar-refractivity contribution in [3.63, 3.8) is 0 Å². The molecule has 0 aromatic heterocycles. The summed E-state index contributed by atoms with van der Waals surface area (Å²) in [6.45, 7) is 1.09. The summed E-state index contributed by atoms with van der Waals surface area (Å²) in [7, 11) is 1.80. The van der Waals surface area contributed by atoms with E-state index in [1.165, 1.54) is 0 Å². The minimum atomic E-state index is -1.09. The molecular formula is C20H23N3O5. The summed E-state index contributed by atoms with van der Waals surface area (Å²) >= 11 is 0. The molecule has 3 rings (SSSR count). The van der Waals surface area contributed by atoms with Crippen molar-refractivity contribution in [3.8, 4) is 11.5 Å². The zero-order valence-electron chi connectivity index (χ0n) is 15.7. The number of hydrogen-bond acceptors (Lipinski definition) is 7. The Hall–Kier alpha value is -2.97.